The summed E-state index contributed by atoms with van der Waals surface area (Å²) in [7, 11) is 0. The third kappa shape index (κ3) is 4.75. The van der Waals surface area contributed by atoms with Crippen molar-refractivity contribution < 1.29 is 4.79 Å². The van der Waals surface area contributed by atoms with Gasteiger partial charge in [-0.1, -0.05) is 18.2 Å². The van der Waals surface area contributed by atoms with E-state index in [0.29, 0.717) is 19.6 Å². The smallest absolute Gasteiger partial charge is 0.239 e. The molecule has 1 aromatic carbocycles. The van der Waals surface area contributed by atoms with Crippen LogP contribution in [0.4, 0.5) is 5.69 Å². The van der Waals surface area contributed by atoms with Crippen molar-refractivity contribution in [3.05, 3.63) is 29.3 Å². The summed E-state index contributed by atoms with van der Waals surface area (Å²) in [4.78, 5) is 11.6. The zero-order valence-electron chi connectivity index (χ0n) is 11.3. The zero-order valence-corrected chi connectivity index (χ0v) is 11.3. The van der Waals surface area contributed by atoms with E-state index in [1.54, 1.807) is 0 Å². The van der Waals surface area contributed by atoms with Crippen LogP contribution < -0.4 is 16.4 Å². The Morgan fingerprint density at radius 1 is 1.22 bits per heavy atom. The van der Waals surface area contributed by atoms with Gasteiger partial charge in [0, 0.05) is 12.2 Å². The van der Waals surface area contributed by atoms with Crippen LogP contribution in [0.2, 0.25) is 0 Å². The van der Waals surface area contributed by atoms with Crippen molar-refractivity contribution >= 4 is 11.6 Å². The van der Waals surface area contributed by atoms with E-state index in [-0.39, 0.29) is 5.91 Å². The molecule has 0 bridgehead atoms. The van der Waals surface area contributed by atoms with Crippen LogP contribution in [0, 0.1) is 13.8 Å². The van der Waals surface area contributed by atoms with Gasteiger partial charge in [-0.3, -0.25) is 4.79 Å². The van der Waals surface area contributed by atoms with Crippen molar-refractivity contribution in [2.24, 2.45) is 5.73 Å². The second kappa shape index (κ2) is 7.71. The van der Waals surface area contributed by atoms with Crippen molar-refractivity contribution in [2.75, 3.05) is 25.0 Å². The molecule has 0 saturated heterocycles. The minimum Gasteiger partial charge on any atom is -0.376 e. The predicted octanol–water partition coefficient (Wildman–Crippen LogP) is 1.57. The summed E-state index contributed by atoms with van der Waals surface area (Å²) in [6, 6.07) is 6.09. The Kier molecular flexibility index (Phi) is 6.22. The summed E-state index contributed by atoms with van der Waals surface area (Å²) in [5, 5.41) is 6.05. The molecule has 4 N–H and O–H groups in total. The first-order valence-corrected chi connectivity index (χ1v) is 6.42. The zero-order chi connectivity index (χ0) is 13.4. The number of benzene rings is 1. The van der Waals surface area contributed by atoms with Crippen LogP contribution in [-0.2, 0) is 4.79 Å². The topological polar surface area (TPSA) is 67.2 Å². The predicted molar refractivity (Wildman–Crippen MR) is 75.7 cm³/mol. The van der Waals surface area contributed by atoms with Gasteiger partial charge in [0.15, 0.2) is 0 Å². The Morgan fingerprint density at radius 2 is 1.89 bits per heavy atom. The number of amides is 1. The first-order chi connectivity index (χ1) is 8.65. The summed E-state index contributed by atoms with van der Waals surface area (Å²) in [5.74, 6) is 0.0228. The highest BCUT2D eigenvalue weighted by atomic mass is 16.1. The highest BCUT2D eigenvalue weighted by Crippen LogP contribution is 2.18. The molecule has 1 rings (SSSR count). The van der Waals surface area contributed by atoms with Crippen molar-refractivity contribution in [1.82, 2.24) is 5.32 Å². The molecule has 0 aliphatic rings. The number of para-hydroxylation sites is 1. The summed E-state index contributed by atoms with van der Waals surface area (Å²) in [6.07, 6.45) is 1.89. The largest absolute Gasteiger partial charge is 0.376 e. The fourth-order valence-corrected chi connectivity index (χ4v) is 1.82. The van der Waals surface area contributed by atoms with Crippen LogP contribution in [0.1, 0.15) is 24.0 Å². The lowest BCUT2D eigenvalue weighted by molar-refractivity contribution is -0.119. The van der Waals surface area contributed by atoms with Crippen molar-refractivity contribution in [3.8, 4) is 0 Å². The van der Waals surface area contributed by atoms with Gasteiger partial charge in [0.2, 0.25) is 5.91 Å². The fraction of sp³-hybridized carbons (Fsp3) is 0.500. The van der Waals surface area contributed by atoms with Crippen LogP contribution in [0.25, 0.3) is 0 Å². The molecule has 0 unspecified atom stereocenters. The van der Waals surface area contributed by atoms with Gasteiger partial charge in [-0.15, -0.1) is 0 Å². The lowest BCUT2D eigenvalue weighted by atomic mass is 10.1. The molecule has 0 aliphatic heterocycles. The van der Waals surface area contributed by atoms with Crippen LogP contribution >= 0.6 is 0 Å². The van der Waals surface area contributed by atoms with E-state index in [0.717, 1.165) is 29.7 Å². The number of nitrogens with two attached hydrogens (primary N) is 1. The van der Waals surface area contributed by atoms with Crippen LogP contribution in [0.15, 0.2) is 18.2 Å². The minimum absolute atomic E-state index is 0.0228. The Bertz CT molecular complexity index is 370. The third-order valence-corrected chi connectivity index (χ3v) is 2.86. The van der Waals surface area contributed by atoms with Gasteiger partial charge in [0.05, 0.1) is 6.54 Å². The number of aryl methyl sites for hydroxylation is 2. The molecule has 0 atom stereocenters. The van der Waals surface area contributed by atoms with E-state index in [2.05, 4.69) is 10.6 Å². The third-order valence-electron chi connectivity index (χ3n) is 2.86. The van der Waals surface area contributed by atoms with E-state index in [1.165, 1.54) is 0 Å². The summed E-state index contributed by atoms with van der Waals surface area (Å²) in [5.41, 5.74) is 8.76. The van der Waals surface area contributed by atoms with E-state index < -0.39 is 0 Å². The van der Waals surface area contributed by atoms with Crippen molar-refractivity contribution in [3.63, 3.8) is 0 Å². The van der Waals surface area contributed by atoms with Crippen molar-refractivity contribution in [2.45, 2.75) is 26.7 Å². The fourth-order valence-electron chi connectivity index (χ4n) is 1.82. The van der Waals surface area contributed by atoms with Crippen molar-refractivity contribution in [1.29, 1.82) is 0 Å². The lowest BCUT2D eigenvalue weighted by Crippen LogP contribution is -2.31. The number of anilines is 1. The van der Waals surface area contributed by atoms with E-state index in [1.807, 2.05) is 32.0 Å². The molecule has 0 saturated carbocycles. The molecular formula is C14H23N3O. The molecule has 0 spiro atoms. The summed E-state index contributed by atoms with van der Waals surface area (Å²) >= 11 is 0. The number of unbranched alkanes of at least 4 members (excludes halogenated alkanes) is 1. The van der Waals surface area contributed by atoms with Gasteiger partial charge >= 0.3 is 0 Å². The molecule has 1 amide bonds. The lowest BCUT2D eigenvalue weighted by Gasteiger charge is -2.12. The molecule has 0 aliphatic carbocycles. The SMILES string of the molecule is Cc1cccc(C)c1NCC(=O)NCCCCN. The number of hydrogen-bond donors (Lipinski definition) is 3. The van der Waals surface area contributed by atoms with Crippen LogP contribution in [-0.4, -0.2) is 25.5 Å². The molecule has 18 heavy (non-hydrogen) atoms. The van der Waals surface area contributed by atoms with Gasteiger partial charge in [0.1, 0.15) is 0 Å². The Balaban J connectivity index is 2.34. The van der Waals surface area contributed by atoms with Gasteiger partial charge < -0.3 is 16.4 Å². The molecular weight excluding hydrogens is 226 g/mol. The Labute approximate surface area is 109 Å². The van der Waals surface area contributed by atoms with E-state index >= 15 is 0 Å². The number of rotatable bonds is 7. The normalized spacial score (nSPS) is 10.2. The quantitative estimate of drug-likeness (QED) is 0.643. The van der Waals surface area contributed by atoms with Crippen LogP contribution in [0.3, 0.4) is 0 Å². The van der Waals surface area contributed by atoms with Gasteiger partial charge in [-0.2, -0.15) is 0 Å². The monoisotopic (exact) mass is 249 g/mol. The van der Waals surface area contributed by atoms with Crippen LogP contribution in [0.5, 0.6) is 0 Å². The number of carbonyl (C=O) groups excluding carboxylic acids is 1. The first kappa shape index (κ1) is 14.5. The minimum atomic E-state index is 0.0228. The molecule has 0 radical (unpaired) electrons. The maximum Gasteiger partial charge on any atom is 0.239 e. The van der Waals surface area contributed by atoms with Gasteiger partial charge in [-0.25, -0.2) is 0 Å². The molecule has 0 fully saturated rings. The number of carbonyl (C=O) groups is 1. The Morgan fingerprint density at radius 3 is 2.50 bits per heavy atom. The second-order valence-corrected chi connectivity index (χ2v) is 4.47. The first-order valence-electron chi connectivity index (χ1n) is 6.42. The molecule has 1 aromatic rings. The average molecular weight is 249 g/mol. The molecule has 0 aromatic heterocycles. The highest BCUT2D eigenvalue weighted by molar-refractivity contribution is 5.81. The maximum absolute atomic E-state index is 11.6. The van der Waals surface area contributed by atoms with Gasteiger partial charge in [0.25, 0.3) is 0 Å². The molecule has 4 nitrogen and oxygen atoms in total. The average Bonchev–Trinajstić information content (AvgIpc) is 2.34. The van der Waals surface area contributed by atoms with Gasteiger partial charge in [-0.05, 0) is 44.4 Å². The van der Waals surface area contributed by atoms with E-state index in [4.69, 9.17) is 5.73 Å². The molecule has 0 heterocycles. The summed E-state index contributed by atoms with van der Waals surface area (Å²) in [6.45, 7) is 5.76. The Hall–Kier alpha value is -1.55. The highest BCUT2D eigenvalue weighted by Gasteiger charge is 2.04. The second-order valence-electron chi connectivity index (χ2n) is 4.47. The molecule has 4 heteroatoms. The summed E-state index contributed by atoms with van der Waals surface area (Å²) < 4.78 is 0. The number of nitrogens with one attached hydrogen (secondary N) is 2. The number of hydrogen-bond acceptors (Lipinski definition) is 3. The molecule has 100 valence electrons. The maximum atomic E-state index is 11.6. The standard InChI is InChI=1S/C14H23N3O/c1-11-6-5-7-12(2)14(11)17-10-13(18)16-9-4-3-8-15/h5-7,17H,3-4,8-10,15H2,1-2H3,(H,16,18). The van der Waals surface area contributed by atoms with E-state index in [9.17, 15) is 4.79 Å².